The van der Waals surface area contributed by atoms with Crippen LogP contribution in [0.4, 0.5) is 10.1 Å². The molecule has 0 bridgehead atoms. The first-order chi connectivity index (χ1) is 8.21. The standard InChI is InChI=1S/C13H17FN2O/c1-2-3-4-16(5-6-17)13-8-11(10-15)7-12(14)9-13/h7-9,17H,2-6H2,1H3. The third-order valence-corrected chi connectivity index (χ3v) is 2.53. The van der Waals surface area contributed by atoms with Gasteiger partial charge in [0.2, 0.25) is 0 Å². The van der Waals surface area contributed by atoms with E-state index in [-0.39, 0.29) is 6.61 Å². The van der Waals surface area contributed by atoms with Crippen LogP contribution in [0.2, 0.25) is 0 Å². The van der Waals surface area contributed by atoms with Crippen molar-refractivity contribution < 1.29 is 9.50 Å². The molecule has 0 saturated heterocycles. The van der Waals surface area contributed by atoms with E-state index >= 15 is 0 Å². The predicted octanol–water partition coefficient (Wildman–Crippen LogP) is 2.30. The van der Waals surface area contributed by atoms with Gasteiger partial charge in [-0.15, -0.1) is 0 Å². The van der Waals surface area contributed by atoms with Gasteiger partial charge in [0.05, 0.1) is 18.2 Å². The molecule has 4 heteroatoms. The maximum absolute atomic E-state index is 13.3. The number of anilines is 1. The Morgan fingerprint density at radius 2 is 2.12 bits per heavy atom. The van der Waals surface area contributed by atoms with Crippen LogP contribution in [0.25, 0.3) is 0 Å². The topological polar surface area (TPSA) is 47.3 Å². The molecule has 0 unspecified atom stereocenters. The third kappa shape index (κ3) is 4.04. The lowest BCUT2D eigenvalue weighted by Gasteiger charge is -2.24. The number of hydrogen-bond acceptors (Lipinski definition) is 3. The first-order valence-corrected chi connectivity index (χ1v) is 5.77. The summed E-state index contributed by atoms with van der Waals surface area (Å²) in [6.07, 6.45) is 2.00. The van der Waals surface area contributed by atoms with Crippen molar-refractivity contribution in [3.05, 3.63) is 29.6 Å². The molecule has 0 amide bonds. The Morgan fingerprint density at radius 3 is 2.71 bits per heavy atom. The van der Waals surface area contributed by atoms with Crippen molar-refractivity contribution >= 4 is 5.69 Å². The molecule has 0 saturated carbocycles. The molecule has 1 aromatic carbocycles. The van der Waals surface area contributed by atoms with E-state index in [2.05, 4.69) is 6.92 Å². The van der Waals surface area contributed by atoms with Gasteiger partial charge in [-0.05, 0) is 24.6 Å². The molecule has 3 nitrogen and oxygen atoms in total. The molecule has 1 rings (SSSR count). The van der Waals surface area contributed by atoms with Crippen molar-refractivity contribution in [3.63, 3.8) is 0 Å². The lowest BCUT2D eigenvalue weighted by molar-refractivity contribution is 0.301. The SMILES string of the molecule is CCCCN(CCO)c1cc(F)cc(C#N)c1. The number of benzene rings is 1. The van der Waals surface area contributed by atoms with Gasteiger partial charge in [-0.2, -0.15) is 5.26 Å². The molecular formula is C13H17FN2O. The first-order valence-electron chi connectivity index (χ1n) is 5.77. The highest BCUT2D eigenvalue weighted by molar-refractivity contribution is 5.52. The number of hydrogen-bond donors (Lipinski definition) is 1. The van der Waals surface area contributed by atoms with Crippen LogP contribution in [0.15, 0.2) is 18.2 Å². The third-order valence-electron chi connectivity index (χ3n) is 2.53. The summed E-state index contributed by atoms with van der Waals surface area (Å²) in [5.74, 6) is -0.418. The van der Waals surface area contributed by atoms with Gasteiger partial charge < -0.3 is 10.0 Å². The van der Waals surface area contributed by atoms with E-state index in [1.54, 1.807) is 6.07 Å². The van der Waals surface area contributed by atoms with Crippen LogP contribution in [0.1, 0.15) is 25.3 Å². The summed E-state index contributed by atoms with van der Waals surface area (Å²) in [6.45, 7) is 3.30. The number of unbranched alkanes of at least 4 members (excludes halogenated alkanes) is 1. The summed E-state index contributed by atoms with van der Waals surface area (Å²) in [4.78, 5) is 1.90. The van der Waals surface area contributed by atoms with Gasteiger partial charge in [0.25, 0.3) is 0 Å². The lowest BCUT2D eigenvalue weighted by Crippen LogP contribution is -2.27. The summed E-state index contributed by atoms with van der Waals surface area (Å²) in [6, 6.07) is 6.18. The zero-order chi connectivity index (χ0) is 12.7. The second-order valence-corrected chi connectivity index (χ2v) is 3.87. The van der Waals surface area contributed by atoms with E-state index in [0.29, 0.717) is 17.8 Å². The number of aliphatic hydroxyl groups excluding tert-OH is 1. The van der Waals surface area contributed by atoms with Crippen LogP contribution in [-0.2, 0) is 0 Å². The number of nitrogens with zero attached hydrogens (tertiary/aromatic N) is 2. The van der Waals surface area contributed by atoms with E-state index in [9.17, 15) is 4.39 Å². The van der Waals surface area contributed by atoms with Crippen molar-refractivity contribution in [1.82, 2.24) is 0 Å². The summed E-state index contributed by atoms with van der Waals surface area (Å²) < 4.78 is 13.3. The highest BCUT2D eigenvalue weighted by atomic mass is 19.1. The molecule has 0 aliphatic carbocycles. The zero-order valence-electron chi connectivity index (χ0n) is 9.99. The Labute approximate surface area is 101 Å². The molecule has 92 valence electrons. The van der Waals surface area contributed by atoms with Gasteiger partial charge >= 0.3 is 0 Å². The molecule has 1 N–H and O–H groups in total. The van der Waals surface area contributed by atoms with Crippen LogP contribution >= 0.6 is 0 Å². The van der Waals surface area contributed by atoms with E-state index < -0.39 is 5.82 Å². The largest absolute Gasteiger partial charge is 0.395 e. The molecule has 0 aromatic heterocycles. The van der Waals surface area contributed by atoms with Crippen molar-refractivity contribution in [1.29, 1.82) is 5.26 Å². The molecule has 0 aliphatic heterocycles. The highest BCUT2D eigenvalue weighted by Crippen LogP contribution is 2.18. The molecule has 0 atom stereocenters. The fourth-order valence-electron chi connectivity index (χ4n) is 1.66. The van der Waals surface area contributed by atoms with E-state index in [0.717, 1.165) is 19.4 Å². The number of rotatable bonds is 6. The minimum Gasteiger partial charge on any atom is -0.395 e. The van der Waals surface area contributed by atoms with Crippen molar-refractivity contribution in [2.45, 2.75) is 19.8 Å². The van der Waals surface area contributed by atoms with Crippen LogP contribution < -0.4 is 4.90 Å². The normalized spacial score (nSPS) is 10.0. The molecule has 0 heterocycles. The molecule has 0 aliphatic rings. The fourth-order valence-corrected chi connectivity index (χ4v) is 1.66. The monoisotopic (exact) mass is 236 g/mol. The van der Waals surface area contributed by atoms with Gasteiger partial charge in [-0.1, -0.05) is 13.3 Å². The summed E-state index contributed by atoms with van der Waals surface area (Å²) in [5.41, 5.74) is 0.962. The Kier molecular flexibility index (Phi) is 5.44. The maximum Gasteiger partial charge on any atom is 0.126 e. The van der Waals surface area contributed by atoms with Gasteiger partial charge in [-0.3, -0.25) is 0 Å². The van der Waals surface area contributed by atoms with Crippen molar-refractivity contribution in [2.24, 2.45) is 0 Å². The highest BCUT2D eigenvalue weighted by Gasteiger charge is 2.08. The first kappa shape index (κ1) is 13.5. The second-order valence-electron chi connectivity index (χ2n) is 3.87. The Hall–Kier alpha value is -1.60. The second kappa shape index (κ2) is 6.87. The van der Waals surface area contributed by atoms with Gasteiger partial charge in [0.1, 0.15) is 5.82 Å². The number of halogens is 1. The molecule has 1 aromatic rings. The lowest BCUT2D eigenvalue weighted by atomic mass is 10.2. The van der Waals surface area contributed by atoms with E-state index in [1.807, 2.05) is 11.0 Å². The average molecular weight is 236 g/mol. The van der Waals surface area contributed by atoms with Crippen molar-refractivity contribution in [2.75, 3.05) is 24.6 Å². The number of nitriles is 1. The predicted molar refractivity (Wildman–Crippen MR) is 65.3 cm³/mol. The minimum absolute atomic E-state index is 0.0160. The van der Waals surface area contributed by atoms with Crippen LogP contribution in [-0.4, -0.2) is 24.8 Å². The van der Waals surface area contributed by atoms with Crippen LogP contribution in [0.3, 0.4) is 0 Å². The van der Waals surface area contributed by atoms with Crippen LogP contribution in [0.5, 0.6) is 0 Å². The summed E-state index contributed by atoms with van der Waals surface area (Å²) in [7, 11) is 0. The maximum atomic E-state index is 13.3. The minimum atomic E-state index is -0.418. The smallest absolute Gasteiger partial charge is 0.126 e. The molecular weight excluding hydrogens is 219 g/mol. The van der Waals surface area contributed by atoms with E-state index in [4.69, 9.17) is 10.4 Å². The Balaban J connectivity index is 2.92. The van der Waals surface area contributed by atoms with Crippen LogP contribution in [0, 0.1) is 17.1 Å². The van der Waals surface area contributed by atoms with Crippen molar-refractivity contribution in [3.8, 4) is 6.07 Å². The zero-order valence-corrected chi connectivity index (χ0v) is 9.99. The summed E-state index contributed by atoms with van der Waals surface area (Å²) >= 11 is 0. The summed E-state index contributed by atoms with van der Waals surface area (Å²) in [5, 5.41) is 17.8. The van der Waals surface area contributed by atoms with Gasteiger partial charge in [0.15, 0.2) is 0 Å². The molecule has 17 heavy (non-hydrogen) atoms. The average Bonchev–Trinajstić information content (AvgIpc) is 2.33. The fraction of sp³-hybridized carbons (Fsp3) is 0.462. The van der Waals surface area contributed by atoms with Gasteiger partial charge in [-0.25, -0.2) is 4.39 Å². The quantitative estimate of drug-likeness (QED) is 0.824. The van der Waals surface area contributed by atoms with Gasteiger partial charge in [0, 0.05) is 18.8 Å². The molecule has 0 fully saturated rings. The molecule has 0 radical (unpaired) electrons. The number of aliphatic hydroxyl groups is 1. The Bertz CT molecular complexity index is 401. The Morgan fingerprint density at radius 1 is 1.35 bits per heavy atom. The molecule has 0 spiro atoms. The van der Waals surface area contributed by atoms with E-state index in [1.165, 1.54) is 12.1 Å².